The van der Waals surface area contributed by atoms with Gasteiger partial charge in [-0.05, 0) is 42.4 Å². The number of hydrazine groups is 1. The van der Waals surface area contributed by atoms with E-state index in [4.69, 9.17) is 5.84 Å². The highest BCUT2D eigenvalue weighted by atomic mass is 15.2. The first kappa shape index (κ1) is 8.73. The molecule has 1 aliphatic carbocycles. The third-order valence-electron chi connectivity index (χ3n) is 2.72. The number of fused-ring (bicyclic) bond motifs is 1. The van der Waals surface area contributed by atoms with Crippen molar-refractivity contribution >= 4 is 0 Å². The summed E-state index contributed by atoms with van der Waals surface area (Å²) in [6.45, 7) is 0.860. The lowest BCUT2D eigenvalue weighted by Gasteiger charge is -2.04. The molecular weight excluding hydrogens is 160 g/mol. The van der Waals surface area contributed by atoms with Gasteiger partial charge in [0, 0.05) is 6.54 Å². The predicted octanol–water partition coefficient (Wildman–Crippen LogP) is 1.18. The summed E-state index contributed by atoms with van der Waals surface area (Å²) in [6, 6.07) is 6.83. The quantitative estimate of drug-likeness (QED) is 0.536. The van der Waals surface area contributed by atoms with E-state index in [-0.39, 0.29) is 0 Å². The lowest BCUT2D eigenvalue weighted by molar-refractivity contribution is 0.728. The SMILES string of the molecule is NNCCc1ccc2c(c1)CCC2. The molecule has 0 atom stereocenters. The van der Waals surface area contributed by atoms with E-state index >= 15 is 0 Å². The fraction of sp³-hybridized carbons (Fsp3) is 0.455. The second kappa shape index (κ2) is 3.90. The molecule has 13 heavy (non-hydrogen) atoms. The number of rotatable bonds is 3. The van der Waals surface area contributed by atoms with Gasteiger partial charge in [0.15, 0.2) is 0 Å². The van der Waals surface area contributed by atoms with Crippen molar-refractivity contribution in [2.24, 2.45) is 5.84 Å². The van der Waals surface area contributed by atoms with Crippen LogP contribution in [0.15, 0.2) is 18.2 Å². The molecule has 0 saturated heterocycles. The summed E-state index contributed by atoms with van der Waals surface area (Å²) in [7, 11) is 0. The predicted molar refractivity (Wildman–Crippen MR) is 54.4 cm³/mol. The minimum atomic E-state index is 0.860. The van der Waals surface area contributed by atoms with E-state index in [2.05, 4.69) is 23.6 Å². The Morgan fingerprint density at radius 3 is 2.92 bits per heavy atom. The van der Waals surface area contributed by atoms with Gasteiger partial charge in [-0.1, -0.05) is 18.2 Å². The molecule has 2 rings (SSSR count). The number of benzene rings is 1. The van der Waals surface area contributed by atoms with Gasteiger partial charge in [-0.3, -0.25) is 11.3 Å². The minimum absolute atomic E-state index is 0.860. The van der Waals surface area contributed by atoms with Crippen LogP contribution >= 0.6 is 0 Å². The molecule has 0 radical (unpaired) electrons. The zero-order valence-electron chi connectivity index (χ0n) is 7.84. The summed E-state index contributed by atoms with van der Waals surface area (Å²) in [5, 5.41) is 0. The number of aryl methyl sites for hydroxylation is 2. The molecule has 0 unspecified atom stereocenters. The van der Waals surface area contributed by atoms with Gasteiger partial charge in [0.05, 0.1) is 0 Å². The van der Waals surface area contributed by atoms with Crippen molar-refractivity contribution in [1.82, 2.24) is 5.43 Å². The Bertz CT molecular complexity index is 294. The standard InChI is InChI=1S/C11H16N2/c12-13-7-6-9-4-5-10-2-1-3-11(10)8-9/h4-5,8,13H,1-3,6-7,12H2. The first-order valence-electron chi connectivity index (χ1n) is 4.94. The summed E-state index contributed by atoms with van der Waals surface area (Å²) < 4.78 is 0. The highest BCUT2D eigenvalue weighted by Gasteiger charge is 2.10. The number of hydrogen-bond acceptors (Lipinski definition) is 2. The largest absolute Gasteiger partial charge is 0.271 e. The first-order chi connectivity index (χ1) is 6.40. The van der Waals surface area contributed by atoms with Gasteiger partial charge in [-0.2, -0.15) is 0 Å². The van der Waals surface area contributed by atoms with Gasteiger partial charge < -0.3 is 0 Å². The van der Waals surface area contributed by atoms with Gasteiger partial charge in [0.25, 0.3) is 0 Å². The van der Waals surface area contributed by atoms with Crippen molar-refractivity contribution in [1.29, 1.82) is 0 Å². The van der Waals surface area contributed by atoms with Gasteiger partial charge in [0.2, 0.25) is 0 Å². The molecule has 0 saturated carbocycles. The molecule has 70 valence electrons. The molecule has 2 heteroatoms. The van der Waals surface area contributed by atoms with E-state index in [1.54, 1.807) is 11.1 Å². The molecular formula is C11H16N2. The Kier molecular flexibility index (Phi) is 2.62. The van der Waals surface area contributed by atoms with Gasteiger partial charge >= 0.3 is 0 Å². The van der Waals surface area contributed by atoms with Crippen LogP contribution in [-0.2, 0) is 19.3 Å². The second-order valence-corrected chi connectivity index (χ2v) is 3.66. The fourth-order valence-electron chi connectivity index (χ4n) is 2.00. The van der Waals surface area contributed by atoms with E-state index in [0.717, 1.165) is 13.0 Å². The molecule has 1 aliphatic rings. The third-order valence-corrected chi connectivity index (χ3v) is 2.72. The van der Waals surface area contributed by atoms with Crippen LogP contribution in [-0.4, -0.2) is 6.54 Å². The molecule has 1 aromatic carbocycles. The number of nitrogens with two attached hydrogens (primary N) is 1. The number of hydrogen-bond donors (Lipinski definition) is 2. The summed E-state index contributed by atoms with van der Waals surface area (Å²) in [4.78, 5) is 0. The fourth-order valence-corrected chi connectivity index (χ4v) is 2.00. The topological polar surface area (TPSA) is 38.0 Å². The van der Waals surface area contributed by atoms with E-state index in [1.807, 2.05) is 0 Å². The normalized spacial score (nSPS) is 14.5. The molecule has 0 aliphatic heterocycles. The van der Waals surface area contributed by atoms with E-state index in [0.29, 0.717) is 0 Å². The monoisotopic (exact) mass is 176 g/mol. The number of nitrogens with one attached hydrogen (secondary N) is 1. The maximum absolute atomic E-state index is 5.24. The Hall–Kier alpha value is -0.860. The van der Waals surface area contributed by atoms with Crippen LogP contribution in [0.2, 0.25) is 0 Å². The zero-order chi connectivity index (χ0) is 9.10. The minimum Gasteiger partial charge on any atom is -0.271 e. The molecule has 0 amide bonds. The van der Waals surface area contributed by atoms with E-state index in [9.17, 15) is 0 Å². The van der Waals surface area contributed by atoms with Crippen LogP contribution in [0.5, 0.6) is 0 Å². The van der Waals surface area contributed by atoms with Gasteiger partial charge in [-0.15, -0.1) is 0 Å². The molecule has 3 N–H and O–H groups in total. The Balaban J connectivity index is 2.12. The van der Waals surface area contributed by atoms with Crippen molar-refractivity contribution in [3.8, 4) is 0 Å². The van der Waals surface area contributed by atoms with Crippen molar-refractivity contribution < 1.29 is 0 Å². The molecule has 0 aromatic heterocycles. The van der Waals surface area contributed by atoms with Crippen molar-refractivity contribution in [2.45, 2.75) is 25.7 Å². The summed E-state index contributed by atoms with van der Waals surface area (Å²) >= 11 is 0. The molecule has 1 aromatic rings. The average Bonchev–Trinajstić information content (AvgIpc) is 2.61. The Morgan fingerprint density at radius 2 is 2.08 bits per heavy atom. The van der Waals surface area contributed by atoms with Crippen LogP contribution in [0.1, 0.15) is 23.1 Å². The van der Waals surface area contributed by atoms with Crippen molar-refractivity contribution in [3.63, 3.8) is 0 Å². The molecule has 0 bridgehead atoms. The van der Waals surface area contributed by atoms with E-state index in [1.165, 1.54) is 24.8 Å². The van der Waals surface area contributed by atoms with Crippen molar-refractivity contribution in [3.05, 3.63) is 34.9 Å². The Labute approximate surface area is 79.1 Å². The lowest BCUT2D eigenvalue weighted by Crippen LogP contribution is -2.24. The van der Waals surface area contributed by atoms with Gasteiger partial charge in [-0.25, -0.2) is 0 Å². The highest BCUT2D eigenvalue weighted by Crippen LogP contribution is 2.22. The lowest BCUT2D eigenvalue weighted by atomic mass is 10.0. The van der Waals surface area contributed by atoms with Gasteiger partial charge in [0.1, 0.15) is 0 Å². The maximum atomic E-state index is 5.24. The Morgan fingerprint density at radius 1 is 1.23 bits per heavy atom. The third kappa shape index (κ3) is 1.90. The summed E-state index contributed by atoms with van der Waals surface area (Å²) in [5.41, 5.74) is 7.18. The van der Waals surface area contributed by atoms with Crippen LogP contribution in [0.4, 0.5) is 0 Å². The summed E-state index contributed by atoms with van der Waals surface area (Å²) in [6.07, 6.45) is 4.89. The second-order valence-electron chi connectivity index (χ2n) is 3.66. The molecule has 0 heterocycles. The van der Waals surface area contributed by atoms with Crippen molar-refractivity contribution in [2.75, 3.05) is 6.54 Å². The first-order valence-corrected chi connectivity index (χ1v) is 4.94. The molecule has 0 spiro atoms. The highest BCUT2D eigenvalue weighted by molar-refractivity contribution is 5.35. The van der Waals surface area contributed by atoms with Crippen LogP contribution in [0.25, 0.3) is 0 Å². The van der Waals surface area contributed by atoms with Crippen LogP contribution < -0.4 is 11.3 Å². The maximum Gasteiger partial charge on any atom is 0.0138 e. The smallest absolute Gasteiger partial charge is 0.0138 e. The van der Waals surface area contributed by atoms with Crippen LogP contribution in [0, 0.1) is 0 Å². The van der Waals surface area contributed by atoms with Crippen LogP contribution in [0.3, 0.4) is 0 Å². The molecule has 0 fully saturated rings. The average molecular weight is 176 g/mol. The van der Waals surface area contributed by atoms with E-state index < -0.39 is 0 Å². The summed E-state index contributed by atoms with van der Waals surface area (Å²) in [5.74, 6) is 5.24. The molecule has 2 nitrogen and oxygen atoms in total. The zero-order valence-corrected chi connectivity index (χ0v) is 7.84.